The van der Waals surface area contributed by atoms with Crippen LogP contribution in [0, 0.1) is 0 Å². The average Bonchev–Trinajstić information content (AvgIpc) is 4.10. The van der Waals surface area contributed by atoms with Crippen LogP contribution in [0.3, 0.4) is 0 Å². The predicted octanol–water partition coefficient (Wildman–Crippen LogP) is 16.9. The Hall–Kier alpha value is -9.39. The maximum Gasteiger partial charge on any atom is 0.166 e. The monoisotopic (exact) mass is 880 g/mol. The van der Waals surface area contributed by atoms with E-state index in [-0.39, 0.29) is 0 Å². The third kappa shape index (κ3) is 5.69. The molecule has 0 aliphatic rings. The molecule has 6 nitrogen and oxygen atoms in total. The van der Waals surface area contributed by atoms with Crippen LogP contribution in [0.25, 0.3) is 149 Å². The summed E-state index contributed by atoms with van der Waals surface area (Å²) in [5, 5.41) is 13.0. The molecule has 0 bridgehead atoms. The van der Waals surface area contributed by atoms with Crippen LogP contribution < -0.4 is 0 Å². The van der Waals surface area contributed by atoms with E-state index in [1.54, 1.807) is 0 Å². The van der Waals surface area contributed by atoms with Gasteiger partial charge in [-0.1, -0.05) is 170 Å². The largest absolute Gasteiger partial charge is 0.456 e. The van der Waals surface area contributed by atoms with E-state index in [1.165, 1.54) is 21.5 Å². The molecular formula is C63H36N4O2. The van der Waals surface area contributed by atoms with E-state index in [2.05, 4.69) is 187 Å². The zero-order valence-corrected chi connectivity index (χ0v) is 36.9. The number of hydrogen-bond donors (Lipinski definition) is 0. The molecule has 15 aromatic rings. The lowest BCUT2D eigenvalue weighted by Crippen LogP contribution is -2.05. The molecule has 11 aromatic carbocycles. The SMILES string of the molecule is c1ccc(-c2ccc(-c3nc(-c4ccc5oc6ccccc6c5c4)nc(-c4c(-n5c6cc7ccccc7cc6c6c7ccccc7ccc65)c5c6ccccc6oc5c5ccccc45)n3)cc2)cc1. The van der Waals surface area contributed by atoms with Crippen LogP contribution in [0.5, 0.6) is 0 Å². The third-order valence-electron chi connectivity index (χ3n) is 14.0. The number of furan rings is 2. The van der Waals surface area contributed by atoms with Crippen molar-refractivity contribution in [3.63, 3.8) is 0 Å². The number of rotatable bonds is 5. The lowest BCUT2D eigenvalue weighted by molar-refractivity contribution is 0.669. The molecule has 320 valence electrons. The van der Waals surface area contributed by atoms with Crippen LogP contribution in [0.2, 0.25) is 0 Å². The Morgan fingerprint density at radius 1 is 0.304 bits per heavy atom. The fourth-order valence-electron chi connectivity index (χ4n) is 10.8. The molecular weight excluding hydrogens is 845 g/mol. The maximum atomic E-state index is 6.99. The zero-order chi connectivity index (χ0) is 45.2. The van der Waals surface area contributed by atoms with E-state index in [1.807, 2.05) is 36.4 Å². The standard InChI is InChI=1S/C63H36N4O2/c1-2-14-37(15-3-1)38-26-28-40(29-27-38)61-64-62(43-31-33-55-49(35-43)45-20-10-12-24-53(45)68-55)66-63(65-61)58-46-21-8-9-22-47(46)60-57(48-23-11-13-25-54(48)69-60)59(58)67-51-32-30-39-16-6-7-19-44(39)56(51)50-34-41-17-4-5-18-42(41)36-52(50)67/h1-36H. The van der Waals surface area contributed by atoms with Gasteiger partial charge in [-0.3, -0.25) is 0 Å². The Bertz CT molecular complexity index is 4600. The van der Waals surface area contributed by atoms with Crippen LogP contribution in [-0.4, -0.2) is 19.5 Å². The first kappa shape index (κ1) is 37.8. The highest BCUT2D eigenvalue weighted by Crippen LogP contribution is 2.49. The summed E-state index contributed by atoms with van der Waals surface area (Å²) in [5.74, 6) is 1.67. The molecule has 0 spiro atoms. The number of nitrogens with zero attached hydrogens (tertiary/aromatic N) is 4. The van der Waals surface area contributed by atoms with Gasteiger partial charge in [-0.15, -0.1) is 0 Å². The summed E-state index contributed by atoms with van der Waals surface area (Å²) in [7, 11) is 0. The van der Waals surface area contributed by atoms with Gasteiger partial charge < -0.3 is 13.4 Å². The number of aromatic nitrogens is 4. The quantitative estimate of drug-likeness (QED) is 0.172. The summed E-state index contributed by atoms with van der Waals surface area (Å²) in [5.41, 5.74) is 11.2. The summed E-state index contributed by atoms with van der Waals surface area (Å²) in [6, 6.07) is 76.8. The van der Waals surface area contributed by atoms with Gasteiger partial charge in [-0.25, -0.2) is 15.0 Å². The summed E-state index contributed by atoms with van der Waals surface area (Å²) < 4.78 is 15.8. The van der Waals surface area contributed by atoms with E-state index < -0.39 is 0 Å². The molecule has 0 radical (unpaired) electrons. The molecule has 0 saturated heterocycles. The smallest absolute Gasteiger partial charge is 0.166 e. The van der Waals surface area contributed by atoms with Crippen molar-refractivity contribution in [2.24, 2.45) is 0 Å². The van der Waals surface area contributed by atoms with E-state index >= 15 is 0 Å². The van der Waals surface area contributed by atoms with Gasteiger partial charge in [0.25, 0.3) is 0 Å². The second kappa shape index (κ2) is 14.6. The fraction of sp³-hybridized carbons (Fsp3) is 0. The molecule has 15 rings (SSSR count). The first-order valence-corrected chi connectivity index (χ1v) is 23.3. The lowest BCUT2D eigenvalue weighted by Gasteiger charge is -2.19. The summed E-state index contributed by atoms with van der Waals surface area (Å²) in [6.07, 6.45) is 0. The minimum atomic E-state index is 0.550. The van der Waals surface area contributed by atoms with Gasteiger partial charge in [0.1, 0.15) is 22.3 Å². The average molecular weight is 881 g/mol. The zero-order valence-electron chi connectivity index (χ0n) is 36.9. The molecule has 0 unspecified atom stereocenters. The van der Waals surface area contributed by atoms with Crippen LogP contribution >= 0.6 is 0 Å². The Morgan fingerprint density at radius 2 is 0.870 bits per heavy atom. The Labute approximate surface area is 394 Å². The van der Waals surface area contributed by atoms with Gasteiger partial charge >= 0.3 is 0 Å². The molecule has 4 heterocycles. The van der Waals surface area contributed by atoms with Crippen molar-refractivity contribution in [3.8, 4) is 51.0 Å². The highest BCUT2D eigenvalue weighted by molar-refractivity contribution is 6.28. The van der Waals surface area contributed by atoms with Crippen molar-refractivity contribution in [1.29, 1.82) is 0 Å². The van der Waals surface area contributed by atoms with Gasteiger partial charge in [0.15, 0.2) is 17.5 Å². The third-order valence-corrected chi connectivity index (χ3v) is 14.0. The van der Waals surface area contributed by atoms with E-state index in [4.69, 9.17) is 23.8 Å². The molecule has 0 aliphatic heterocycles. The van der Waals surface area contributed by atoms with Gasteiger partial charge in [0.05, 0.1) is 27.7 Å². The Morgan fingerprint density at radius 3 is 1.67 bits per heavy atom. The molecule has 0 saturated carbocycles. The highest BCUT2D eigenvalue weighted by atomic mass is 16.3. The molecule has 0 aliphatic carbocycles. The second-order valence-corrected chi connectivity index (χ2v) is 17.9. The first-order chi connectivity index (χ1) is 34.2. The Balaban J connectivity index is 1.11. The number of hydrogen-bond acceptors (Lipinski definition) is 5. The molecule has 0 fully saturated rings. The molecule has 4 aromatic heterocycles. The minimum absolute atomic E-state index is 0.550. The normalized spacial score (nSPS) is 12.1. The van der Waals surface area contributed by atoms with Crippen molar-refractivity contribution < 1.29 is 8.83 Å². The molecule has 0 N–H and O–H groups in total. The molecule has 0 amide bonds. The van der Waals surface area contributed by atoms with Gasteiger partial charge in [-0.2, -0.15) is 0 Å². The van der Waals surface area contributed by atoms with Crippen LogP contribution in [0.1, 0.15) is 0 Å². The number of fused-ring (bicyclic) bond motifs is 14. The van der Waals surface area contributed by atoms with E-state index in [9.17, 15) is 0 Å². The van der Waals surface area contributed by atoms with Gasteiger partial charge in [-0.05, 0) is 86.6 Å². The summed E-state index contributed by atoms with van der Waals surface area (Å²) in [4.78, 5) is 16.5. The lowest BCUT2D eigenvalue weighted by atomic mass is 9.96. The van der Waals surface area contributed by atoms with Crippen molar-refractivity contribution in [3.05, 3.63) is 218 Å². The number of para-hydroxylation sites is 2. The highest BCUT2D eigenvalue weighted by Gasteiger charge is 2.28. The minimum Gasteiger partial charge on any atom is -0.456 e. The second-order valence-electron chi connectivity index (χ2n) is 17.9. The van der Waals surface area contributed by atoms with Gasteiger partial charge in [0, 0.05) is 43.4 Å². The Kier molecular flexibility index (Phi) is 7.97. The van der Waals surface area contributed by atoms with Crippen molar-refractivity contribution >= 4 is 98.0 Å². The van der Waals surface area contributed by atoms with E-state index in [0.717, 1.165) is 110 Å². The summed E-state index contributed by atoms with van der Waals surface area (Å²) in [6.45, 7) is 0. The molecule has 69 heavy (non-hydrogen) atoms. The van der Waals surface area contributed by atoms with E-state index in [0.29, 0.717) is 17.5 Å². The maximum absolute atomic E-state index is 6.99. The van der Waals surface area contributed by atoms with Gasteiger partial charge in [0.2, 0.25) is 0 Å². The van der Waals surface area contributed by atoms with Crippen molar-refractivity contribution in [2.75, 3.05) is 0 Å². The first-order valence-electron chi connectivity index (χ1n) is 23.3. The predicted molar refractivity (Wildman–Crippen MR) is 283 cm³/mol. The topological polar surface area (TPSA) is 69.9 Å². The van der Waals surface area contributed by atoms with Crippen LogP contribution in [-0.2, 0) is 0 Å². The van der Waals surface area contributed by atoms with Crippen molar-refractivity contribution in [2.45, 2.75) is 0 Å². The molecule has 6 heteroatoms. The summed E-state index contributed by atoms with van der Waals surface area (Å²) >= 11 is 0. The number of benzene rings is 11. The van der Waals surface area contributed by atoms with Crippen molar-refractivity contribution in [1.82, 2.24) is 19.5 Å². The fourth-order valence-corrected chi connectivity index (χ4v) is 10.8. The van der Waals surface area contributed by atoms with Crippen LogP contribution in [0.15, 0.2) is 227 Å². The van der Waals surface area contributed by atoms with Crippen LogP contribution in [0.4, 0.5) is 0 Å². The molecule has 0 atom stereocenters.